The number of hydrogen-bond donors (Lipinski definition) is 3. The van der Waals surface area contributed by atoms with Crippen molar-refractivity contribution in [2.24, 2.45) is 0 Å². The van der Waals surface area contributed by atoms with Crippen molar-refractivity contribution in [2.75, 3.05) is 17.7 Å². The van der Waals surface area contributed by atoms with Crippen LogP contribution >= 0.6 is 0 Å². The highest BCUT2D eigenvalue weighted by atomic mass is 16.6. The Morgan fingerprint density at radius 2 is 1.84 bits per heavy atom. The van der Waals surface area contributed by atoms with Gasteiger partial charge in [-0.05, 0) is 32.9 Å². The first kappa shape index (κ1) is 22.4. The van der Waals surface area contributed by atoms with Gasteiger partial charge in [0.2, 0.25) is 0 Å². The van der Waals surface area contributed by atoms with Gasteiger partial charge in [0.1, 0.15) is 11.1 Å². The number of nitrogens with one attached hydrogen (secondary N) is 2. The zero-order valence-electron chi connectivity index (χ0n) is 16.3. The van der Waals surface area contributed by atoms with E-state index in [1.54, 1.807) is 39.2 Å². The van der Waals surface area contributed by atoms with E-state index in [2.05, 4.69) is 20.6 Å². The van der Waals surface area contributed by atoms with Gasteiger partial charge in [-0.3, -0.25) is 9.97 Å². The molecule has 4 N–H and O–H groups in total. The fraction of sp³-hybridized carbons (Fsp3) is 0.500. The van der Waals surface area contributed by atoms with Crippen molar-refractivity contribution >= 4 is 28.5 Å². The number of carbonyl (C=O) groups is 1. The van der Waals surface area contributed by atoms with Gasteiger partial charge in [-0.15, -0.1) is 0 Å². The Kier molecular flexibility index (Phi) is 9.93. The Morgan fingerprint density at radius 1 is 1.20 bits per heavy atom. The van der Waals surface area contributed by atoms with Gasteiger partial charge in [-0.1, -0.05) is 27.7 Å². The summed E-state index contributed by atoms with van der Waals surface area (Å²) in [6.07, 6.45) is 2.72. The van der Waals surface area contributed by atoms with Gasteiger partial charge in [-0.25, -0.2) is 4.79 Å². The maximum absolute atomic E-state index is 11.6. The van der Waals surface area contributed by atoms with Crippen LogP contribution in [0.2, 0.25) is 0 Å². The molecule has 0 aliphatic carbocycles. The lowest BCUT2D eigenvalue weighted by molar-refractivity contribution is 0.0532. The third-order valence-corrected chi connectivity index (χ3v) is 2.55. The Bertz CT molecular complexity index is 653. The number of rotatable bonds is 3. The van der Waals surface area contributed by atoms with Gasteiger partial charge >= 0.3 is 6.09 Å². The smallest absolute Gasteiger partial charge is 0.409 e. The fourth-order valence-corrected chi connectivity index (χ4v) is 1.74. The largest absolute Gasteiger partial charge is 0.444 e. The van der Waals surface area contributed by atoms with Gasteiger partial charge in [-0.2, -0.15) is 0 Å². The summed E-state index contributed by atoms with van der Waals surface area (Å²) in [5.41, 5.74) is 7.85. The second-order valence-electron chi connectivity index (χ2n) is 5.49. The molecule has 0 atom stereocenters. The first-order valence-corrected chi connectivity index (χ1v) is 8.57. The van der Waals surface area contributed by atoms with Crippen molar-refractivity contribution in [1.29, 1.82) is 0 Å². The minimum Gasteiger partial charge on any atom is -0.444 e. The minimum absolute atomic E-state index is 0.175. The molecule has 140 valence electrons. The molecule has 0 saturated carbocycles. The quantitative estimate of drug-likeness (QED) is 0.719. The molecule has 7 heteroatoms. The van der Waals surface area contributed by atoms with Crippen LogP contribution in [-0.2, 0) is 4.74 Å². The Balaban J connectivity index is 0.00000134. The lowest BCUT2D eigenvalue weighted by Gasteiger charge is -2.20. The second kappa shape index (κ2) is 11.1. The molecule has 2 rings (SSSR count). The summed E-state index contributed by atoms with van der Waals surface area (Å²) in [6.45, 7) is 13.6. The summed E-state index contributed by atoms with van der Waals surface area (Å²) >= 11 is 0. The summed E-state index contributed by atoms with van der Waals surface area (Å²) < 4.78 is 5.14. The van der Waals surface area contributed by atoms with Crippen LogP contribution in [0.4, 0.5) is 16.2 Å². The minimum atomic E-state index is -0.534. The van der Waals surface area contributed by atoms with Crippen LogP contribution in [0.5, 0.6) is 0 Å². The standard InChI is InChI=1S/C14H19N5O2.2C2H6/c1-14(2,3)21-13(20)19-8-18-11-9(15)7-17-10-5-4-6-16-12(10)11;2*1-2/h4-7H,8,15H2,1-3H3,(H,17,18)(H,19,20);2*1-2H3. The normalized spacial score (nSPS) is 9.88. The molecule has 0 unspecified atom stereocenters. The van der Waals surface area contributed by atoms with E-state index in [1.165, 1.54) is 0 Å². The number of aromatic nitrogens is 2. The predicted octanol–water partition coefficient (Wildman–Crippen LogP) is 4.16. The van der Waals surface area contributed by atoms with Crippen molar-refractivity contribution in [3.63, 3.8) is 0 Å². The Labute approximate surface area is 150 Å². The molecule has 0 spiro atoms. The molecule has 0 aliphatic heterocycles. The number of anilines is 2. The van der Waals surface area contributed by atoms with E-state index in [1.807, 2.05) is 33.8 Å². The summed E-state index contributed by atoms with van der Waals surface area (Å²) in [6, 6.07) is 3.64. The fourth-order valence-electron chi connectivity index (χ4n) is 1.74. The second-order valence-corrected chi connectivity index (χ2v) is 5.49. The number of alkyl carbamates (subject to hydrolysis) is 1. The molecule has 0 radical (unpaired) electrons. The highest BCUT2D eigenvalue weighted by molar-refractivity contribution is 5.93. The SMILES string of the molecule is CC.CC.CC(C)(C)OC(=O)NCNc1c(N)cnc2cccnc12. The van der Waals surface area contributed by atoms with Crippen LogP contribution in [0.3, 0.4) is 0 Å². The molecule has 0 bridgehead atoms. The number of pyridine rings is 2. The monoisotopic (exact) mass is 349 g/mol. The summed E-state index contributed by atoms with van der Waals surface area (Å²) in [4.78, 5) is 20.0. The number of amides is 1. The van der Waals surface area contributed by atoms with E-state index < -0.39 is 11.7 Å². The number of carbonyl (C=O) groups excluding carboxylic acids is 1. The highest BCUT2D eigenvalue weighted by Crippen LogP contribution is 2.25. The Hall–Kier alpha value is -2.57. The van der Waals surface area contributed by atoms with E-state index in [0.29, 0.717) is 16.9 Å². The van der Waals surface area contributed by atoms with Crippen molar-refractivity contribution in [3.05, 3.63) is 24.5 Å². The number of nitrogen functional groups attached to an aromatic ring is 1. The summed E-state index contributed by atoms with van der Waals surface area (Å²) in [7, 11) is 0. The average Bonchev–Trinajstić information content (AvgIpc) is 2.59. The molecule has 0 saturated heterocycles. The molecule has 2 aromatic rings. The van der Waals surface area contributed by atoms with Crippen LogP contribution in [-0.4, -0.2) is 28.3 Å². The van der Waals surface area contributed by atoms with Crippen LogP contribution in [0.1, 0.15) is 48.5 Å². The van der Waals surface area contributed by atoms with Crippen molar-refractivity contribution in [3.8, 4) is 0 Å². The van der Waals surface area contributed by atoms with Gasteiger partial charge in [0.05, 0.1) is 29.8 Å². The number of ether oxygens (including phenoxy) is 1. The zero-order valence-corrected chi connectivity index (χ0v) is 16.3. The van der Waals surface area contributed by atoms with E-state index in [4.69, 9.17) is 10.5 Å². The molecular formula is C18H31N5O2. The maximum atomic E-state index is 11.6. The predicted molar refractivity (Wildman–Crippen MR) is 105 cm³/mol. The topological polar surface area (TPSA) is 102 Å². The third-order valence-electron chi connectivity index (χ3n) is 2.55. The van der Waals surface area contributed by atoms with Gasteiger partial charge in [0, 0.05) is 6.20 Å². The third kappa shape index (κ3) is 7.69. The van der Waals surface area contributed by atoms with Gasteiger partial charge < -0.3 is 21.1 Å². The summed E-state index contributed by atoms with van der Waals surface area (Å²) in [5.74, 6) is 0. The van der Waals surface area contributed by atoms with Crippen LogP contribution in [0.25, 0.3) is 11.0 Å². The molecule has 0 aliphatic rings. The highest BCUT2D eigenvalue weighted by Gasteiger charge is 2.15. The van der Waals surface area contributed by atoms with Crippen molar-refractivity contribution in [2.45, 2.75) is 54.1 Å². The Morgan fingerprint density at radius 3 is 2.44 bits per heavy atom. The molecular weight excluding hydrogens is 318 g/mol. The number of nitrogens with two attached hydrogens (primary N) is 1. The number of nitrogens with zero attached hydrogens (tertiary/aromatic N) is 2. The molecule has 0 fully saturated rings. The van der Waals surface area contributed by atoms with E-state index >= 15 is 0 Å². The number of hydrogen-bond acceptors (Lipinski definition) is 6. The lowest BCUT2D eigenvalue weighted by Crippen LogP contribution is -2.35. The van der Waals surface area contributed by atoms with E-state index in [9.17, 15) is 4.79 Å². The molecule has 7 nitrogen and oxygen atoms in total. The maximum Gasteiger partial charge on any atom is 0.409 e. The number of fused-ring (bicyclic) bond motifs is 1. The molecule has 2 aromatic heterocycles. The molecule has 25 heavy (non-hydrogen) atoms. The van der Waals surface area contributed by atoms with E-state index in [-0.39, 0.29) is 6.67 Å². The first-order valence-electron chi connectivity index (χ1n) is 8.57. The van der Waals surface area contributed by atoms with Gasteiger partial charge in [0.25, 0.3) is 0 Å². The van der Waals surface area contributed by atoms with Crippen molar-refractivity contribution in [1.82, 2.24) is 15.3 Å². The zero-order chi connectivity index (χ0) is 19.5. The van der Waals surface area contributed by atoms with E-state index in [0.717, 1.165) is 5.52 Å². The van der Waals surface area contributed by atoms with Gasteiger partial charge in [0.15, 0.2) is 0 Å². The molecule has 2 heterocycles. The first-order chi connectivity index (χ1) is 11.9. The van der Waals surface area contributed by atoms with Crippen LogP contribution in [0, 0.1) is 0 Å². The molecule has 0 aromatic carbocycles. The van der Waals surface area contributed by atoms with Crippen molar-refractivity contribution < 1.29 is 9.53 Å². The van der Waals surface area contributed by atoms with Crippen LogP contribution < -0.4 is 16.4 Å². The van der Waals surface area contributed by atoms with Crippen LogP contribution in [0.15, 0.2) is 24.5 Å². The summed E-state index contributed by atoms with van der Waals surface area (Å²) in [5, 5.41) is 5.64. The molecule has 1 amide bonds. The lowest BCUT2D eigenvalue weighted by atomic mass is 10.2. The average molecular weight is 349 g/mol.